The summed E-state index contributed by atoms with van der Waals surface area (Å²) in [5.74, 6) is 0. The third-order valence-electron chi connectivity index (χ3n) is 2.11. The van der Waals surface area contributed by atoms with Gasteiger partial charge in [0.25, 0.3) is 0 Å². The highest BCUT2D eigenvalue weighted by Gasteiger charge is 2.28. The number of nitrogens with zero attached hydrogens (tertiary/aromatic N) is 3. The minimum absolute atomic E-state index is 0.0803. The van der Waals surface area contributed by atoms with Gasteiger partial charge in [0.15, 0.2) is 0 Å². The van der Waals surface area contributed by atoms with Gasteiger partial charge in [-0.05, 0) is 0 Å². The number of carbonyl (C=O) groups is 2. The van der Waals surface area contributed by atoms with E-state index in [0.717, 1.165) is 9.58 Å². The molecule has 1 aromatic heterocycles. The monoisotopic (exact) mass is 197 g/mol. The fraction of sp³-hybridized carbons (Fsp3) is 0.286. The zero-order chi connectivity index (χ0) is 10.3. The predicted octanol–water partition coefficient (Wildman–Crippen LogP) is 0.403. The zero-order valence-electron chi connectivity index (χ0n) is 7.04. The summed E-state index contributed by atoms with van der Waals surface area (Å²) in [4.78, 5) is 22.4. The molecule has 1 aliphatic heterocycles. The molecule has 1 aromatic rings. The third-order valence-corrected chi connectivity index (χ3v) is 2.11. The van der Waals surface area contributed by atoms with Gasteiger partial charge in [0.2, 0.25) is 0 Å². The zero-order valence-corrected chi connectivity index (χ0v) is 7.04. The normalized spacial score (nSPS) is 14.1. The average molecular weight is 197 g/mol. The average Bonchev–Trinajstić information content (AvgIpc) is 2.58. The second kappa shape index (κ2) is 2.72. The molecule has 1 amide bonds. The van der Waals surface area contributed by atoms with Crippen molar-refractivity contribution in [1.29, 1.82) is 0 Å². The van der Waals surface area contributed by atoms with Crippen LogP contribution in [0.4, 0.5) is 9.59 Å². The molecule has 7 heteroatoms. The maximum Gasteiger partial charge on any atom is 0.432 e. The lowest BCUT2D eigenvalue weighted by atomic mass is 10.3. The third kappa shape index (κ3) is 1.10. The molecule has 0 saturated carbocycles. The Hall–Kier alpha value is -2.05. The van der Waals surface area contributed by atoms with E-state index in [2.05, 4.69) is 5.10 Å². The van der Waals surface area contributed by atoms with Crippen LogP contribution < -0.4 is 0 Å². The summed E-state index contributed by atoms with van der Waals surface area (Å²) in [7, 11) is 0. The molecular weight excluding hydrogens is 190 g/mol. The SMILES string of the molecule is O=C(O)N1Cc2cnn(C(=O)O)c2C1. The molecule has 0 radical (unpaired) electrons. The molecule has 0 spiro atoms. The van der Waals surface area contributed by atoms with Gasteiger partial charge >= 0.3 is 12.2 Å². The van der Waals surface area contributed by atoms with Crippen LogP contribution in [0.1, 0.15) is 11.3 Å². The number of rotatable bonds is 0. The predicted molar refractivity (Wildman–Crippen MR) is 42.9 cm³/mol. The van der Waals surface area contributed by atoms with Crippen LogP contribution in [0, 0.1) is 0 Å². The van der Waals surface area contributed by atoms with Crippen molar-refractivity contribution >= 4 is 12.2 Å². The summed E-state index contributed by atoms with van der Waals surface area (Å²) in [6.45, 7) is 0.287. The van der Waals surface area contributed by atoms with E-state index in [0.29, 0.717) is 11.3 Å². The Labute approximate surface area is 78.2 Å². The maximum atomic E-state index is 10.6. The summed E-state index contributed by atoms with van der Waals surface area (Å²) < 4.78 is 0.804. The Balaban J connectivity index is 2.32. The summed E-state index contributed by atoms with van der Waals surface area (Å²) >= 11 is 0. The van der Waals surface area contributed by atoms with Crippen LogP contribution in [0.3, 0.4) is 0 Å². The lowest BCUT2D eigenvalue weighted by molar-refractivity contribution is 0.143. The quantitative estimate of drug-likeness (QED) is 0.627. The fourth-order valence-corrected chi connectivity index (χ4v) is 1.45. The highest BCUT2D eigenvalue weighted by atomic mass is 16.4. The van der Waals surface area contributed by atoms with Gasteiger partial charge in [0.05, 0.1) is 25.0 Å². The molecule has 0 bridgehead atoms. The van der Waals surface area contributed by atoms with E-state index in [1.54, 1.807) is 0 Å². The molecular formula is C7H7N3O4. The van der Waals surface area contributed by atoms with Gasteiger partial charge in [-0.15, -0.1) is 0 Å². The van der Waals surface area contributed by atoms with Crippen LogP contribution >= 0.6 is 0 Å². The van der Waals surface area contributed by atoms with E-state index >= 15 is 0 Å². The highest BCUT2D eigenvalue weighted by molar-refractivity contribution is 5.70. The van der Waals surface area contributed by atoms with Gasteiger partial charge in [0, 0.05) is 5.56 Å². The van der Waals surface area contributed by atoms with E-state index in [9.17, 15) is 9.59 Å². The maximum absolute atomic E-state index is 10.6. The van der Waals surface area contributed by atoms with Gasteiger partial charge in [-0.3, -0.25) is 4.90 Å². The van der Waals surface area contributed by atoms with Crippen molar-refractivity contribution in [3.8, 4) is 0 Å². The highest BCUT2D eigenvalue weighted by Crippen LogP contribution is 2.21. The first-order valence-corrected chi connectivity index (χ1v) is 3.86. The van der Waals surface area contributed by atoms with Crippen LogP contribution in [0.5, 0.6) is 0 Å². The molecule has 2 heterocycles. The first kappa shape index (κ1) is 8.54. The molecule has 0 unspecified atom stereocenters. The smallest absolute Gasteiger partial charge is 0.432 e. The summed E-state index contributed by atoms with van der Waals surface area (Å²) in [5.41, 5.74) is 1.08. The largest absolute Gasteiger partial charge is 0.465 e. The number of hydrogen-bond acceptors (Lipinski definition) is 3. The molecule has 0 saturated heterocycles. The Bertz CT molecular complexity index is 411. The minimum atomic E-state index is -1.20. The van der Waals surface area contributed by atoms with Crippen LogP contribution in [0.25, 0.3) is 0 Å². The Kier molecular flexibility index (Phi) is 1.66. The number of hydrogen-bond donors (Lipinski definition) is 2. The van der Waals surface area contributed by atoms with Crippen LogP contribution in [-0.4, -0.2) is 37.1 Å². The summed E-state index contributed by atoms with van der Waals surface area (Å²) in [6.07, 6.45) is -0.872. The lowest BCUT2D eigenvalue weighted by Crippen LogP contribution is -2.24. The molecule has 0 atom stereocenters. The minimum Gasteiger partial charge on any atom is -0.465 e. The summed E-state index contributed by atoms with van der Waals surface area (Å²) in [5, 5.41) is 21.0. The van der Waals surface area contributed by atoms with Crippen molar-refractivity contribution < 1.29 is 19.8 Å². The fourth-order valence-electron chi connectivity index (χ4n) is 1.45. The molecule has 7 nitrogen and oxygen atoms in total. The molecule has 1 aliphatic rings. The van der Waals surface area contributed by atoms with Crippen molar-refractivity contribution in [3.05, 3.63) is 17.5 Å². The molecule has 0 aromatic carbocycles. The van der Waals surface area contributed by atoms with E-state index in [4.69, 9.17) is 10.2 Å². The first-order valence-electron chi connectivity index (χ1n) is 3.86. The number of amides is 1. The number of fused-ring (bicyclic) bond motifs is 1. The van der Waals surface area contributed by atoms with Crippen molar-refractivity contribution in [2.75, 3.05) is 0 Å². The van der Waals surface area contributed by atoms with Crippen molar-refractivity contribution in [2.45, 2.75) is 13.1 Å². The van der Waals surface area contributed by atoms with Gasteiger partial charge < -0.3 is 10.2 Å². The van der Waals surface area contributed by atoms with Gasteiger partial charge in [-0.2, -0.15) is 9.78 Å². The first-order chi connectivity index (χ1) is 6.59. The molecule has 74 valence electrons. The Morgan fingerprint density at radius 2 is 2.00 bits per heavy atom. The van der Waals surface area contributed by atoms with E-state index in [1.807, 2.05) is 0 Å². The molecule has 2 N–H and O–H groups in total. The molecule has 0 fully saturated rings. The van der Waals surface area contributed by atoms with Crippen LogP contribution in [0.15, 0.2) is 6.20 Å². The molecule has 0 aliphatic carbocycles. The number of carboxylic acid groups (broad SMARTS) is 2. The second-order valence-electron chi connectivity index (χ2n) is 2.95. The lowest BCUT2D eigenvalue weighted by Gasteiger charge is -2.09. The van der Waals surface area contributed by atoms with E-state index in [-0.39, 0.29) is 13.1 Å². The Morgan fingerprint density at radius 1 is 1.29 bits per heavy atom. The van der Waals surface area contributed by atoms with Crippen molar-refractivity contribution in [1.82, 2.24) is 14.7 Å². The van der Waals surface area contributed by atoms with Gasteiger partial charge in [0.1, 0.15) is 0 Å². The van der Waals surface area contributed by atoms with E-state index in [1.165, 1.54) is 6.20 Å². The number of aromatic nitrogens is 2. The summed E-state index contributed by atoms with van der Waals surface area (Å²) in [6, 6.07) is 0. The van der Waals surface area contributed by atoms with Crippen molar-refractivity contribution in [2.24, 2.45) is 0 Å². The Morgan fingerprint density at radius 3 is 2.57 bits per heavy atom. The van der Waals surface area contributed by atoms with Crippen molar-refractivity contribution in [3.63, 3.8) is 0 Å². The molecule has 2 rings (SSSR count). The van der Waals surface area contributed by atoms with Crippen LogP contribution in [0.2, 0.25) is 0 Å². The van der Waals surface area contributed by atoms with Crippen LogP contribution in [-0.2, 0) is 13.1 Å². The molecule has 14 heavy (non-hydrogen) atoms. The topological polar surface area (TPSA) is 95.7 Å². The standard InChI is InChI=1S/C7H7N3O4/c11-6(12)9-2-4-1-8-10(7(13)14)5(4)3-9/h1H,2-3H2,(H,11,12)(H,13,14). The van der Waals surface area contributed by atoms with Gasteiger partial charge in [-0.1, -0.05) is 0 Å². The van der Waals surface area contributed by atoms with E-state index < -0.39 is 12.2 Å². The van der Waals surface area contributed by atoms with Gasteiger partial charge in [-0.25, -0.2) is 9.59 Å². The second-order valence-corrected chi connectivity index (χ2v) is 2.95.